The van der Waals surface area contributed by atoms with Gasteiger partial charge in [-0.3, -0.25) is 10.1 Å². The number of hydrogen-bond donors (Lipinski definition) is 1. The lowest BCUT2D eigenvalue weighted by Gasteiger charge is -2.16. The quantitative estimate of drug-likeness (QED) is 0.256. The Morgan fingerprint density at radius 1 is 1.44 bits per heavy atom. The van der Waals surface area contributed by atoms with Gasteiger partial charge in [0, 0.05) is 20.2 Å². The molecule has 0 bridgehead atoms. The number of rotatable bonds is 7. The highest BCUT2D eigenvalue weighted by Gasteiger charge is 2.28. The van der Waals surface area contributed by atoms with Crippen LogP contribution in [0.25, 0.3) is 11.3 Å². The zero-order valence-corrected chi connectivity index (χ0v) is 16.5. The molecule has 10 heteroatoms. The zero-order chi connectivity index (χ0) is 18.8. The maximum absolute atomic E-state index is 11.5. The van der Waals surface area contributed by atoms with Crippen LogP contribution in [0.4, 0.5) is 11.4 Å². The number of hydrogen-bond acceptors (Lipinski definition) is 6. The fourth-order valence-corrected chi connectivity index (χ4v) is 3.24. The minimum absolute atomic E-state index is 0.105. The highest BCUT2D eigenvalue weighted by atomic mass is 35.5. The van der Waals surface area contributed by atoms with E-state index in [0.29, 0.717) is 17.9 Å². The second kappa shape index (κ2) is 7.50. The van der Waals surface area contributed by atoms with Crippen molar-refractivity contribution in [3.63, 3.8) is 0 Å². The van der Waals surface area contributed by atoms with E-state index in [-0.39, 0.29) is 29.0 Å². The minimum atomic E-state index is -1.22. The van der Waals surface area contributed by atoms with Crippen LogP contribution in [0, 0.1) is 17.0 Å². The van der Waals surface area contributed by atoms with E-state index in [0.717, 1.165) is 6.04 Å². The molecule has 0 fully saturated rings. The molecule has 136 valence electrons. The Kier molecular flexibility index (Phi) is 5.81. The summed E-state index contributed by atoms with van der Waals surface area (Å²) in [6, 6.07) is 2.49. The SMILES string of the molecule is Cc1nn(COCC[Si](C)(C)C)c(-c2cc(Cl)ncc2N)c1[N+](=O)[O-]. The predicted octanol–water partition coefficient (Wildman–Crippen LogP) is 3.71. The fraction of sp³-hybridized carbons (Fsp3) is 0.467. The molecule has 25 heavy (non-hydrogen) atoms. The molecule has 8 nitrogen and oxygen atoms in total. The van der Waals surface area contributed by atoms with Crippen molar-refractivity contribution in [1.82, 2.24) is 14.8 Å². The molecule has 0 saturated heterocycles. The second-order valence-electron chi connectivity index (χ2n) is 6.98. The van der Waals surface area contributed by atoms with Crippen LogP contribution in [0.5, 0.6) is 0 Å². The molecule has 2 aromatic heterocycles. The van der Waals surface area contributed by atoms with Crippen molar-refractivity contribution < 1.29 is 9.66 Å². The van der Waals surface area contributed by atoms with Crippen LogP contribution in [0.2, 0.25) is 30.8 Å². The number of ether oxygens (including phenoxy) is 1. The molecule has 0 aliphatic heterocycles. The maximum Gasteiger partial charge on any atom is 0.317 e. The van der Waals surface area contributed by atoms with Gasteiger partial charge in [0.2, 0.25) is 0 Å². The van der Waals surface area contributed by atoms with Gasteiger partial charge in [0.1, 0.15) is 17.6 Å². The number of aromatic nitrogens is 3. The van der Waals surface area contributed by atoms with E-state index in [1.165, 1.54) is 16.9 Å². The fourth-order valence-electron chi connectivity index (χ4n) is 2.33. The van der Waals surface area contributed by atoms with Crippen molar-refractivity contribution in [2.75, 3.05) is 12.3 Å². The third kappa shape index (κ3) is 4.77. The Hall–Kier alpha value is -1.97. The molecule has 0 saturated carbocycles. The lowest BCUT2D eigenvalue weighted by molar-refractivity contribution is -0.384. The topological polar surface area (TPSA) is 109 Å². The summed E-state index contributed by atoms with van der Waals surface area (Å²) in [5.41, 5.74) is 7.13. The van der Waals surface area contributed by atoms with Crippen LogP contribution >= 0.6 is 11.6 Å². The Labute approximate surface area is 152 Å². The Bertz CT molecular complexity index is 788. The summed E-state index contributed by atoms with van der Waals surface area (Å²) >= 11 is 5.94. The molecule has 0 aromatic carbocycles. The number of pyridine rings is 1. The Morgan fingerprint density at radius 3 is 2.72 bits per heavy atom. The van der Waals surface area contributed by atoms with Gasteiger partial charge in [0.05, 0.1) is 16.8 Å². The van der Waals surface area contributed by atoms with E-state index in [1.807, 2.05) is 0 Å². The molecule has 0 aliphatic carbocycles. The molecule has 0 aliphatic rings. The van der Waals surface area contributed by atoms with Gasteiger partial charge in [-0.05, 0) is 19.0 Å². The third-order valence-corrected chi connectivity index (χ3v) is 5.56. The number of nitrogen functional groups attached to an aromatic ring is 1. The van der Waals surface area contributed by atoms with Crippen LogP contribution in [-0.4, -0.2) is 34.4 Å². The second-order valence-corrected chi connectivity index (χ2v) is 13.0. The van der Waals surface area contributed by atoms with Gasteiger partial charge in [-0.25, -0.2) is 9.67 Å². The molecule has 0 unspecified atom stereocenters. The van der Waals surface area contributed by atoms with Gasteiger partial charge >= 0.3 is 5.69 Å². The summed E-state index contributed by atoms with van der Waals surface area (Å²) in [7, 11) is -1.22. The molecule has 2 N–H and O–H groups in total. The van der Waals surface area contributed by atoms with E-state index >= 15 is 0 Å². The van der Waals surface area contributed by atoms with E-state index in [4.69, 9.17) is 22.1 Å². The minimum Gasteiger partial charge on any atom is -0.397 e. The highest BCUT2D eigenvalue weighted by Crippen LogP contribution is 2.36. The van der Waals surface area contributed by atoms with Crippen molar-refractivity contribution in [2.45, 2.75) is 39.3 Å². The van der Waals surface area contributed by atoms with Gasteiger partial charge in [-0.1, -0.05) is 31.2 Å². The normalized spacial score (nSPS) is 11.7. The lowest BCUT2D eigenvalue weighted by atomic mass is 10.1. The van der Waals surface area contributed by atoms with Crippen LogP contribution in [0.1, 0.15) is 5.69 Å². The maximum atomic E-state index is 11.5. The first kappa shape index (κ1) is 19.4. The standard InChI is InChI=1S/C15H22ClN5O3Si/c1-10-14(21(22)23)15(11-7-13(16)18-8-12(11)17)20(19-10)9-24-5-6-25(2,3)4/h7-8H,5-6,9,17H2,1-4H3. The van der Waals surface area contributed by atoms with E-state index in [2.05, 4.69) is 29.7 Å². The van der Waals surface area contributed by atoms with Crippen molar-refractivity contribution in [2.24, 2.45) is 0 Å². The number of nitrogens with two attached hydrogens (primary N) is 1. The lowest BCUT2D eigenvalue weighted by Crippen LogP contribution is -2.22. The van der Waals surface area contributed by atoms with Crippen LogP contribution < -0.4 is 5.73 Å². The Balaban J connectivity index is 2.39. The first-order valence-corrected chi connectivity index (χ1v) is 11.9. The average molecular weight is 384 g/mol. The summed E-state index contributed by atoms with van der Waals surface area (Å²) in [6.07, 6.45) is 1.38. The summed E-state index contributed by atoms with van der Waals surface area (Å²) in [5.74, 6) is 0. The largest absolute Gasteiger partial charge is 0.397 e. The number of aryl methyl sites for hydroxylation is 1. The van der Waals surface area contributed by atoms with Crippen molar-refractivity contribution >= 4 is 31.0 Å². The molecule has 2 aromatic rings. The smallest absolute Gasteiger partial charge is 0.317 e. The van der Waals surface area contributed by atoms with E-state index < -0.39 is 13.0 Å². The van der Waals surface area contributed by atoms with Crippen molar-refractivity contribution in [3.8, 4) is 11.3 Å². The van der Waals surface area contributed by atoms with Gasteiger partial charge < -0.3 is 10.5 Å². The van der Waals surface area contributed by atoms with Crippen LogP contribution in [0.15, 0.2) is 12.3 Å². The predicted molar refractivity (Wildman–Crippen MR) is 100 cm³/mol. The van der Waals surface area contributed by atoms with Crippen LogP contribution in [0.3, 0.4) is 0 Å². The van der Waals surface area contributed by atoms with E-state index in [1.54, 1.807) is 6.92 Å². The van der Waals surface area contributed by atoms with Gasteiger partial charge in [-0.15, -0.1) is 0 Å². The van der Waals surface area contributed by atoms with Gasteiger partial charge in [0.25, 0.3) is 0 Å². The summed E-state index contributed by atoms with van der Waals surface area (Å²) < 4.78 is 7.16. The third-order valence-electron chi connectivity index (χ3n) is 3.64. The summed E-state index contributed by atoms with van der Waals surface area (Å²) in [4.78, 5) is 14.9. The summed E-state index contributed by atoms with van der Waals surface area (Å²) in [5, 5.41) is 16.0. The number of anilines is 1. The van der Waals surface area contributed by atoms with Crippen molar-refractivity contribution in [3.05, 3.63) is 33.2 Å². The first-order chi connectivity index (χ1) is 11.6. The number of nitro groups is 1. The number of nitrogens with zero attached hydrogens (tertiary/aromatic N) is 4. The van der Waals surface area contributed by atoms with Gasteiger partial charge in [0.15, 0.2) is 5.69 Å². The summed E-state index contributed by atoms with van der Waals surface area (Å²) in [6.45, 7) is 9.03. The van der Waals surface area contributed by atoms with E-state index in [9.17, 15) is 10.1 Å². The molecule has 0 radical (unpaired) electrons. The monoisotopic (exact) mass is 383 g/mol. The van der Waals surface area contributed by atoms with Crippen molar-refractivity contribution in [1.29, 1.82) is 0 Å². The molecule has 0 amide bonds. The molecule has 0 atom stereocenters. The zero-order valence-electron chi connectivity index (χ0n) is 14.7. The molecule has 0 spiro atoms. The average Bonchev–Trinajstić information content (AvgIpc) is 2.81. The molecule has 2 heterocycles. The van der Waals surface area contributed by atoms with Gasteiger partial charge in [-0.2, -0.15) is 5.10 Å². The van der Waals surface area contributed by atoms with Crippen LogP contribution in [-0.2, 0) is 11.5 Å². The first-order valence-electron chi connectivity index (χ1n) is 7.81. The number of halogens is 1. The molecule has 2 rings (SSSR count). The molecular formula is C15H22ClN5O3Si. The Morgan fingerprint density at radius 2 is 2.12 bits per heavy atom. The molecular weight excluding hydrogens is 362 g/mol. The highest BCUT2D eigenvalue weighted by molar-refractivity contribution is 6.76.